The van der Waals surface area contributed by atoms with E-state index in [9.17, 15) is 9.50 Å². The van der Waals surface area contributed by atoms with Gasteiger partial charge in [0, 0.05) is 22.5 Å². The minimum Gasteiger partial charge on any atom is -0.496 e. The minimum absolute atomic E-state index is 0.218. The zero-order valence-electron chi connectivity index (χ0n) is 11.6. The summed E-state index contributed by atoms with van der Waals surface area (Å²) in [5.74, 6) is -0.133. The number of hydrogen-bond acceptors (Lipinski definition) is 3. The van der Waals surface area contributed by atoms with E-state index < -0.39 is 11.9 Å². The van der Waals surface area contributed by atoms with Crippen LogP contribution in [0.2, 0.25) is 0 Å². The first-order valence-electron chi connectivity index (χ1n) is 6.54. The molecule has 0 spiro atoms. The highest BCUT2D eigenvalue weighted by Gasteiger charge is 2.24. The molecule has 2 rings (SSSR count). The number of aliphatic hydroxyl groups excluding tert-OH is 1. The SMILES string of the molecule is COc1ccccc1C(CN)C(O)c1cc(F)cc(Br)c1. The highest BCUT2D eigenvalue weighted by atomic mass is 79.9. The lowest BCUT2D eigenvalue weighted by molar-refractivity contribution is 0.145. The van der Waals surface area contributed by atoms with Crippen molar-refractivity contribution in [2.45, 2.75) is 12.0 Å². The van der Waals surface area contributed by atoms with Gasteiger partial charge in [0.2, 0.25) is 0 Å². The van der Waals surface area contributed by atoms with E-state index >= 15 is 0 Å². The summed E-state index contributed by atoms with van der Waals surface area (Å²) >= 11 is 3.23. The van der Waals surface area contributed by atoms with E-state index in [1.165, 1.54) is 12.1 Å². The van der Waals surface area contributed by atoms with Gasteiger partial charge in [-0.15, -0.1) is 0 Å². The standard InChI is InChI=1S/C16H17BrFNO2/c1-21-15-5-3-2-4-13(15)14(9-19)16(20)10-6-11(17)8-12(18)7-10/h2-8,14,16,20H,9,19H2,1H3. The number of rotatable bonds is 5. The Hall–Kier alpha value is -1.43. The maximum absolute atomic E-state index is 13.5. The smallest absolute Gasteiger partial charge is 0.124 e. The van der Waals surface area contributed by atoms with Crippen LogP contribution in [0.15, 0.2) is 46.9 Å². The van der Waals surface area contributed by atoms with Crippen LogP contribution in [0.1, 0.15) is 23.1 Å². The van der Waals surface area contributed by atoms with Crippen molar-refractivity contribution in [2.75, 3.05) is 13.7 Å². The average Bonchev–Trinajstić information content (AvgIpc) is 2.47. The lowest BCUT2D eigenvalue weighted by Crippen LogP contribution is -2.21. The molecule has 0 heterocycles. The van der Waals surface area contributed by atoms with Crippen LogP contribution in [0.4, 0.5) is 4.39 Å². The normalized spacial score (nSPS) is 13.8. The molecule has 112 valence electrons. The number of hydrogen-bond donors (Lipinski definition) is 2. The third-order valence-corrected chi connectivity index (χ3v) is 3.86. The van der Waals surface area contributed by atoms with Crippen LogP contribution in [0.3, 0.4) is 0 Å². The van der Waals surface area contributed by atoms with E-state index in [1.54, 1.807) is 13.2 Å². The Kier molecular flexibility index (Phi) is 5.33. The van der Waals surface area contributed by atoms with Crippen molar-refractivity contribution < 1.29 is 14.2 Å². The second kappa shape index (κ2) is 7.02. The van der Waals surface area contributed by atoms with Crippen molar-refractivity contribution in [3.8, 4) is 5.75 Å². The van der Waals surface area contributed by atoms with Crippen LogP contribution in [0.25, 0.3) is 0 Å². The molecular weight excluding hydrogens is 337 g/mol. The van der Waals surface area contributed by atoms with Crippen molar-refractivity contribution in [1.82, 2.24) is 0 Å². The first-order valence-corrected chi connectivity index (χ1v) is 7.33. The lowest BCUT2D eigenvalue weighted by atomic mass is 9.88. The van der Waals surface area contributed by atoms with Crippen LogP contribution in [0.5, 0.6) is 5.75 Å². The zero-order valence-corrected chi connectivity index (χ0v) is 13.2. The van der Waals surface area contributed by atoms with Gasteiger partial charge in [0.15, 0.2) is 0 Å². The monoisotopic (exact) mass is 353 g/mol. The maximum atomic E-state index is 13.5. The fourth-order valence-electron chi connectivity index (χ4n) is 2.38. The van der Waals surface area contributed by atoms with E-state index in [1.807, 2.05) is 24.3 Å². The molecule has 5 heteroatoms. The van der Waals surface area contributed by atoms with Crippen LogP contribution in [-0.4, -0.2) is 18.8 Å². The lowest BCUT2D eigenvalue weighted by Gasteiger charge is -2.24. The summed E-state index contributed by atoms with van der Waals surface area (Å²) in [6.45, 7) is 0.218. The molecule has 21 heavy (non-hydrogen) atoms. The Morgan fingerprint density at radius 1 is 1.29 bits per heavy atom. The van der Waals surface area contributed by atoms with Crippen LogP contribution < -0.4 is 10.5 Å². The van der Waals surface area contributed by atoms with Crippen molar-refractivity contribution in [3.63, 3.8) is 0 Å². The highest BCUT2D eigenvalue weighted by Crippen LogP contribution is 2.36. The second-order valence-corrected chi connectivity index (χ2v) is 5.65. The van der Waals surface area contributed by atoms with E-state index in [-0.39, 0.29) is 12.5 Å². The third-order valence-electron chi connectivity index (χ3n) is 3.40. The van der Waals surface area contributed by atoms with Crippen LogP contribution in [0, 0.1) is 5.82 Å². The second-order valence-electron chi connectivity index (χ2n) is 4.73. The van der Waals surface area contributed by atoms with Crippen LogP contribution in [-0.2, 0) is 0 Å². The van der Waals surface area contributed by atoms with Gasteiger partial charge in [-0.25, -0.2) is 4.39 Å². The van der Waals surface area contributed by atoms with Crippen molar-refractivity contribution >= 4 is 15.9 Å². The van der Waals surface area contributed by atoms with Gasteiger partial charge in [0.25, 0.3) is 0 Å². The molecule has 0 fully saturated rings. The summed E-state index contributed by atoms with van der Waals surface area (Å²) in [6.07, 6.45) is -0.918. The molecule has 0 saturated carbocycles. The quantitative estimate of drug-likeness (QED) is 0.866. The van der Waals surface area contributed by atoms with Crippen LogP contribution >= 0.6 is 15.9 Å². The van der Waals surface area contributed by atoms with E-state index in [4.69, 9.17) is 10.5 Å². The molecule has 0 bridgehead atoms. The van der Waals surface area contributed by atoms with Gasteiger partial charge in [-0.05, 0) is 29.8 Å². The topological polar surface area (TPSA) is 55.5 Å². The van der Waals surface area contributed by atoms with E-state index in [0.29, 0.717) is 15.8 Å². The zero-order chi connectivity index (χ0) is 15.4. The fraction of sp³-hybridized carbons (Fsp3) is 0.250. The Bertz CT molecular complexity index is 601. The number of benzene rings is 2. The van der Waals surface area contributed by atoms with Crippen molar-refractivity contribution in [3.05, 3.63) is 63.9 Å². The number of halogens is 2. The molecule has 0 amide bonds. The number of methoxy groups -OCH3 is 1. The van der Waals surface area contributed by atoms with Gasteiger partial charge in [-0.1, -0.05) is 34.1 Å². The highest BCUT2D eigenvalue weighted by molar-refractivity contribution is 9.10. The predicted octanol–water partition coefficient (Wildman–Crippen LogP) is 3.37. The average molecular weight is 354 g/mol. The molecule has 2 aromatic carbocycles. The number of aliphatic hydroxyl groups is 1. The molecule has 0 radical (unpaired) electrons. The number of para-hydroxylation sites is 1. The van der Waals surface area contributed by atoms with Gasteiger partial charge in [0.1, 0.15) is 11.6 Å². The van der Waals surface area contributed by atoms with Gasteiger partial charge < -0.3 is 15.6 Å². The summed E-state index contributed by atoms with van der Waals surface area (Å²) < 4.78 is 19.4. The fourth-order valence-corrected chi connectivity index (χ4v) is 2.86. The molecule has 2 aromatic rings. The molecule has 0 aliphatic carbocycles. The molecule has 3 nitrogen and oxygen atoms in total. The van der Waals surface area contributed by atoms with Gasteiger partial charge in [-0.2, -0.15) is 0 Å². The Morgan fingerprint density at radius 3 is 2.62 bits per heavy atom. The molecule has 0 aromatic heterocycles. The first kappa shape index (κ1) is 15.9. The van der Waals surface area contributed by atoms with Gasteiger partial charge in [-0.3, -0.25) is 0 Å². The summed E-state index contributed by atoms with van der Waals surface area (Å²) in [6, 6.07) is 11.7. The Labute approximate surface area is 131 Å². The van der Waals surface area contributed by atoms with Crippen molar-refractivity contribution in [1.29, 1.82) is 0 Å². The largest absolute Gasteiger partial charge is 0.496 e. The Balaban J connectivity index is 2.40. The molecular formula is C16H17BrFNO2. The number of ether oxygens (including phenoxy) is 1. The maximum Gasteiger partial charge on any atom is 0.124 e. The molecule has 3 N–H and O–H groups in total. The summed E-state index contributed by atoms with van der Waals surface area (Å²) in [5, 5.41) is 10.6. The van der Waals surface area contributed by atoms with E-state index in [0.717, 1.165) is 5.56 Å². The third kappa shape index (κ3) is 3.61. The molecule has 2 atom stereocenters. The summed E-state index contributed by atoms with van der Waals surface area (Å²) in [7, 11) is 1.57. The summed E-state index contributed by atoms with van der Waals surface area (Å²) in [4.78, 5) is 0. The summed E-state index contributed by atoms with van der Waals surface area (Å²) in [5.41, 5.74) is 7.10. The predicted molar refractivity (Wildman–Crippen MR) is 83.8 cm³/mol. The first-order chi connectivity index (χ1) is 10.1. The van der Waals surface area contributed by atoms with Crippen molar-refractivity contribution in [2.24, 2.45) is 5.73 Å². The van der Waals surface area contributed by atoms with E-state index in [2.05, 4.69) is 15.9 Å². The van der Waals surface area contributed by atoms with Gasteiger partial charge in [0.05, 0.1) is 13.2 Å². The molecule has 0 saturated heterocycles. The molecule has 0 aliphatic rings. The minimum atomic E-state index is -0.918. The molecule has 2 unspecified atom stereocenters. The van der Waals surface area contributed by atoms with Gasteiger partial charge >= 0.3 is 0 Å². The number of nitrogens with two attached hydrogens (primary N) is 1. The molecule has 0 aliphatic heterocycles. The Morgan fingerprint density at radius 2 is 2.00 bits per heavy atom.